The second kappa shape index (κ2) is 6.91. The summed E-state index contributed by atoms with van der Waals surface area (Å²) in [6, 6.07) is 17.1. The first-order valence-corrected chi connectivity index (χ1v) is 8.87. The van der Waals surface area contributed by atoms with Gasteiger partial charge in [0.2, 0.25) is 7.29 Å². The number of hydrogen-bond donors (Lipinski definition) is 2. The van der Waals surface area contributed by atoms with Crippen LogP contribution in [0.5, 0.6) is 0 Å². The molecule has 2 rings (SSSR count). The molecule has 2 aromatic rings. The highest BCUT2D eigenvalue weighted by Gasteiger charge is 2.34. The number of carboxylic acids is 1. The monoisotopic (exact) mass is 317 g/mol. The summed E-state index contributed by atoms with van der Waals surface area (Å²) in [7, 11) is -3.22. The van der Waals surface area contributed by atoms with Crippen LogP contribution in [-0.2, 0) is 9.36 Å². The van der Waals surface area contributed by atoms with Crippen LogP contribution in [0, 0.1) is 5.92 Å². The van der Waals surface area contributed by atoms with E-state index in [-0.39, 0.29) is 5.92 Å². The van der Waals surface area contributed by atoms with E-state index >= 15 is 0 Å². The molecule has 4 nitrogen and oxygen atoms in total. The molecule has 1 atom stereocenters. The van der Waals surface area contributed by atoms with Crippen LogP contribution in [0.4, 0.5) is 0 Å². The number of rotatable bonds is 6. The topological polar surface area (TPSA) is 66.4 Å². The maximum absolute atomic E-state index is 13.7. The molecule has 0 aliphatic carbocycles. The molecular weight excluding hydrogens is 297 g/mol. The summed E-state index contributed by atoms with van der Waals surface area (Å²) < 4.78 is 13.7. The Kier molecular flexibility index (Phi) is 5.17. The summed E-state index contributed by atoms with van der Waals surface area (Å²) in [5.41, 5.74) is 0. The van der Waals surface area contributed by atoms with Crippen molar-refractivity contribution in [1.82, 2.24) is 5.09 Å². The van der Waals surface area contributed by atoms with E-state index in [1.807, 2.05) is 12.1 Å². The van der Waals surface area contributed by atoms with Crippen molar-refractivity contribution < 1.29 is 14.5 Å². The van der Waals surface area contributed by atoms with Gasteiger partial charge < -0.3 is 5.11 Å². The third kappa shape index (κ3) is 3.46. The SMILES string of the molecule is CC(C)[C@H](NP(=O)(c1ccccc1)c1ccccc1)C(=O)O. The van der Waals surface area contributed by atoms with Gasteiger partial charge in [0.1, 0.15) is 6.04 Å². The molecule has 0 aromatic heterocycles. The predicted molar refractivity (Wildman–Crippen MR) is 89.2 cm³/mol. The van der Waals surface area contributed by atoms with E-state index in [4.69, 9.17) is 0 Å². The Morgan fingerprint density at radius 1 is 0.955 bits per heavy atom. The Morgan fingerprint density at radius 3 is 1.68 bits per heavy atom. The quantitative estimate of drug-likeness (QED) is 0.804. The summed E-state index contributed by atoms with van der Waals surface area (Å²) in [6.07, 6.45) is 0. The van der Waals surface area contributed by atoms with Gasteiger partial charge >= 0.3 is 5.97 Å². The van der Waals surface area contributed by atoms with Gasteiger partial charge in [-0.25, -0.2) is 5.09 Å². The highest BCUT2D eigenvalue weighted by atomic mass is 31.2. The highest BCUT2D eigenvalue weighted by Crippen LogP contribution is 2.39. The summed E-state index contributed by atoms with van der Waals surface area (Å²) in [6.45, 7) is 3.60. The van der Waals surface area contributed by atoms with Gasteiger partial charge in [0.15, 0.2) is 0 Å². The van der Waals surface area contributed by atoms with Crippen molar-refractivity contribution in [1.29, 1.82) is 0 Å². The Morgan fingerprint density at radius 2 is 1.36 bits per heavy atom. The summed E-state index contributed by atoms with van der Waals surface area (Å²) in [5, 5.41) is 13.5. The molecule has 116 valence electrons. The van der Waals surface area contributed by atoms with Crippen LogP contribution in [0.15, 0.2) is 60.7 Å². The molecular formula is C17H20NO3P. The summed E-state index contributed by atoms with van der Waals surface area (Å²) in [4.78, 5) is 11.5. The highest BCUT2D eigenvalue weighted by molar-refractivity contribution is 7.77. The number of carboxylic acid groups (broad SMARTS) is 1. The van der Waals surface area contributed by atoms with Gasteiger partial charge in [-0.1, -0.05) is 50.2 Å². The molecule has 0 aliphatic heterocycles. The van der Waals surface area contributed by atoms with E-state index in [1.54, 1.807) is 62.4 Å². The van der Waals surface area contributed by atoms with Gasteiger partial charge in [0.05, 0.1) is 0 Å². The number of nitrogens with one attached hydrogen (secondary N) is 1. The summed E-state index contributed by atoms with van der Waals surface area (Å²) in [5.74, 6) is -1.18. The fourth-order valence-electron chi connectivity index (χ4n) is 2.26. The lowest BCUT2D eigenvalue weighted by atomic mass is 10.1. The maximum Gasteiger partial charge on any atom is 0.321 e. The van der Waals surface area contributed by atoms with Crippen molar-refractivity contribution in [3.8, 4) is 0 Å². The van der Waals surface area contributed by atoms with Crippen molar-refractivity contribution in [3.05, 3.63) is 60.7 Å². The minimum absolute atomic E-state index is 0.182. The lowest BCUT2D eigenvalue weighted by molar-refractivity contribution is -0.140. The zero-order valence-electron chi connectivity index (χ0n) is 12.6. The van der Waals surface area contributed by atoms with E-state index in [9.17, 15) is 14.5 Å². The van der Waals surface area contributed by atoms with Crippen molar-refractivity contribution in [2.24, 2.45) is 5.92 Å². The van der Waals surface area contributed by atoms with E-state index in [1.165, 1.54) is 0 Å². The molecule has 0 saturated carbocycles. The standard InChI is InChI=1S/C17H20NO3P/c1-13(2)16(17(19)20)18-22(21,14-9-5-3-6-10-14)15-11-7-4-8-12-15/h3-13,16H,1-2H3,(H,18,21)(H,19,20)/t16-/m0/s1. The molecule has 5 heteroatoms. The number of aliphatic carboxylic acids is 1. The third-order valence-electron chi connectivity index (χ3n) is 3.49. The van der Waals surface area contributed by atoms with Gasteiger partial charge in [0.25, 0.3) is 0 Å². The molecule has 0 spiro atoms. The van der Waals surface area contributed by atoms with Gasteiger partial charge in [-0.3, -0.25) is 9.36 Å². The van der Waals surface area contributed by atoms with Crippen molar-refractivity contribution in [2.75, 3.05) is 0 Å². The second-order valence-electron chi connectivity index (χ2n) is 5.47. The molecule has 22 heavy (non-hydrogen) atoms. The van der Waals surface area contributed by atoms with E-state index in [2.05, 4.69) is 5.09 Å². The minimum atomic E-state index is -3.22. The maximum atomic E-state index is 13.7. The van der Waals surface area contributed by atoms with E-state index < -0.39 is 19.3 Å². The molecule has 2 aromatic carbocycles. The number of carbonyl (C=O) groups is 1. The van der Waals surface area contributed by atoms with Crippen molar-refractivity contribution >= 4 is 23.9 Å². The minimum Gasteiger partial charge on any atom is -0.480 e. The Balaban J connectivity index is 2.52. The van der Waals surface area contributed by atoms with Crippen LogP contribution in [-0.4, -0.2) is 17.1 Å². The zero-order valence-corrected chi connectivity index (χ0v) is 13.5. The molecule has 0 amide bonds. The first kappa shape index (κ1) is 16.5. The average molecular weight is 317 g/mol. The lowest BCUT2D eigenvalue weighted by Crippen LogP contribution is -2.43. The number of benzene rings is 2. The van der Waals surface area contributed by atoms with Gasteiger partial charge in [-0.05, 0) is 30.2 Å². The zero-order chi connectivity index (χ0) is 16.2. The molecule has 2 N–H and O–H groups in total. The molecule has 0 saturated heterocycles. The first-order chi connectivity index (χ1) is 10.4. The van der Waals surface area contributed by atoms with E-state index in [0.717, 1.165) is 0 Å². The molecule has 0 fully saturated rings. The average Bonchev–Trinajstić information content (AvgIpc) is 2.53. The van der Waals surface area contributed by atoms with Crippen LogP contribution in [0.2, 0.25) is 0 Å². The van der Waals surface area contributed by atoms with Crippen LogP contribution >= 0.6 is 7.29 Å². The normalized spacial score (nSPS) is 13.0. The largest absolute Gasteiger partial charge is 0.480 e. The Bertz CT molecular complexity index is 627. The number of hydrogen-bond acceptors (Lipinski definition) is 2. The van der Waals surface area contributed by atoms with Crippen LogP contribution < -0.4 is 15.7 Å². The molecule has 0 unspecified atom stereocenters. The molecule has 0 radical (unpaired) electrons. The van der Waals surface area contributed by atoms with Crippen LogP contribution in [0.3, 0.4) is 0 Å². The Labute approximate surface area is 130 Å². The van der Waals surface area contributed by atoms with E-state index in [0.29, 0.717) is 10.6 Å². The van der Waals surface area contributed by atoms with Gasteiger partial charge in [0, 0.05) is 10.6 Å². The third-order valence-corrected chi connectivity index (χ3v) is 6.19. The molecule has 0 bridgehead atoms. The predicted octanol–water partition coefficient (Wildman–Crippen LogP) is 2.61. The smallest absolute Gasteiger partial charge is 0.321 e. The Hall–Kier alpha value is -1.90. The summed E-state index contributed by atoms with van der Waals surface area (Å²) >= 11 is 0. The lowest BCUT2D eigenvalue weighted by Gasteiger charge is -2.26. The fraction of sp³-hybridized carbons (Fsp3) is 0.235. The second-order valence-corrected chi connectivity index (χ2v) is 7.98. The fourth-order valence-corrected chi connectivity index (χ4v) is 4.84. The van der Waals surface area contributed by atoms with Crippen LogP contribution in [0.25, 0.3) is 0 Å². The van der Waals surface area contributed by atoms with Crippen LogP contribution in [0.1, 0.15) is 13.8 Å². The van der Waals surface area contributed by atoms with Crippen molar-refractivity contribution in [2.45, 2.75) is 19.9 Å². The van der Waals surface area contributed by atoms with Gasteiger partial charge in [-0.2, -0.15) is 0 Å². The first-order valence-electron chi connectivity index (χ1n) is 7.17. The molecule has 0 heterocycles. The molecule has 0 aliphatic rings. The van der Waals surface area contributed by atoms with Gasteiger partial charge in [-0.15, -0.1) is 0 Å². The van der Waals surface area contributed by atoms with Crippen molar-refractivity contribution in [3.63, 3.8) is 0 Å².